The number of aromatic nitrogens is 4. The van der Waals surface area contributed by atoms with Crippen LogP contribution in [0.3, 0.4) is 0 Å². The van der Waals surface area contributed by atoms with E-state index in [0.29, 0.717) is 5.82 Å². The summed E-state index contributed by atoms with van der Waals surface area (Å²) >= 11 is 0. The van der Waals surface area contributed by atoms with Gasteiger partial charge >= 0.3 is 0 Å². The molecule has 3 heterocycles. The van der Waals surface area contributed by atoms with Gasteiger partial charge in [-0.3, -0.25) is 5.10 Å². The Morgan fingerprint density at radius 2 is 1.81 bits per heavy atom. The third kappa shape index (κ3) is 3.04. The average molecular weight is 356 g/mol. The van der Waals surface area contributed by atoms with E-state index in [1.165, 1.54) is 11.1 Å². The van der Waals surface area contributed by atoms with E-state index in [0.717, 1.165) is 54.2 Å². The molecule has 0 amide bonds. The fraction of sp³-hybridized carbons (Fsp3) is 0.190. The average Bonchev–Trinajstić information content (AvgIpc) is 3.17. The van der Waals surface area contributed by atoms with Crippen LogP contribution >= 0.6 is 0 Å². The van der Waals surface area contributed by atoms with Crippen LogP contribution in [0.5, 0.6) is 0 Å². The summed E-state index contributed by atoms with van der Waals surface area (Å²) in [5, 5.41) is 15.5. The molecule has 2 aromatic heterocycles. The highest BCUT2D eigenvalue weighted by Gasteiger charge is 2.20. The van der Waals surface area contributed by atoms with Gasteiger partial charge in [-0.2, -0.15) is 5.10 Å². The van der Waals surface area contributed by atoms with Gasteiger partial charge in [0.05, 0.1) is 11.2 Å². The molecule has 27 heavy (non-hydrogen) atoms. The van der Waals surface area contributed by atoms with Gasteiger partial charge < -0.3 is 10.6 Å². The maximum absolute atomic E-state index is 4.86. The Morgan fingerprint density at radius 3 is 2.74 bits per heavy atom. The van der Waals surface area contributed by atoms with Gasteiger partial charge in [-0.05, 0) is 24.6 Å². The fourth-order valence-corrected chi connectivity index (χ4v) is 3.53. The molecule has 0 radical (unpaired) electrons. The van der Waals surface area contributed by atoms with E-state index in [4.69, 9.17) is 9.97 Å². The number of aromatic amines is 1. The van der Waals surface area contributed by atoms with E-state index < -0.39 is 0 Å². The number of hydrogen-bond acceptors (Lipinski definition) is 5. The number of nitrogens with zero attached hydrogens (tertiary/aromatic N) is 3. The molecule has 0 atom stereocenters. The largest absolute Gasteiger partial charge is 0.366 e. The van der Waals surface area contributed by atoms with Crippen LogP contribution in [0.1, 0.15) is 16.8 Å². The summed E-state index contributed by atoms with van der Waals surface area (Å²) in [6.07, 6.45) is 0.925. The van der Waals surface area contributed by atoms with E-state index in [-0.39, 0.29) is 0 Å². The van der Waals surface area contributed by atoms with Crippen molar-refractivity contribution in [3.05, 3.63) is 71.4 Å². The number of nitrogens with one attached hydrogen (secondary N) is 3. The number of rotatable bonds is 4. The van der Waals surface area contributed by atoms with Crippen molar-refractivity contribution >= 4 is 16.7 Å². The lowest BCUT2D eigenvalue weighted by Crippen LogP contribution is -2.26. The zero-order valence-electron chi connectivity index (χ0n) is 14.9. The fourth-order valence-electron chi connectivity index (χ4n) is 3.53. The molecule has 0 fully saturated rings. The SMILES string of the molecule is c1ccc(CNc2nc(-c3n[nH]c4ccccc34)nc3c2CCNC3)cc1. The highest BCUT2D eigenvalue weighted by molar-refractivity contribution is 5.91. The van der Waals surface area contributed by atoms with Crippen LogP contribution in [0, 0.1) is 0 Å². The minimum absolute atomic E-state index is 0.658. The molecular formula is C21H20N6. The minimum Gasteiger partial charge on any atom is -0.366 e. The predicted molar refractivity (Wildman–Crippen MR) is 106 cm³/mol. The number of fused-ring (bicyclic) bond motifs is 2. The molecule has 6 nitrogen and oxygen atoms in total. The molecule has 0 saturated heterocycles. The summed E-state index contributed by atoms with van der Waals surface area (Å²) in [6, 6.07) is 18.4. The first-order valence-electron chi connectivity index (χ1n) is 9.20. The number of H-pyrrole nitrogens is 1. The molecule has 6 heteroatoms. The highest BCUT2D eigenvalue weighted by atomic mass is 15.1. The summed E-state index contributed by atoms with van der Waals surface area (Å²) in [6.45, 7) is 2.44. The Morgan fingerprint density at radius 1 is 0.963 bits per heavy atom. The number of anilines is 1. The lowest BCUT2D eigenvalue weighted by atomic mass is 10.1. The Bertz CT molecular complexity index is 1090. The first-order valence-corrected chi connectivity index (χ1v) is 9.20. The molecule has 3 N–H and O–H groups in total. The van der Waals surface area contributed by atoms with Crippen molar-refractivity contribution in [3.63, 3.8) is 0 Å². The standard InChI is InChI=1S/C21H20N6/c1-2-6-14(7-3-1)12-23-20-16-10-11-22-13-18(16)24-21(25-20)19-15-8-4-5-9-17(15)26-27-19/h1-9,22H,10-13H2,(H,26,27)(H,23,24,25). The van der Waals surface area contributed by atoms with Crippen molar-refractivity contribution in [2.75, 3.05) is 11.9 Å². The zero-order chi connectivity index (χ0) is 18.1. The Hall–Kier alpha value is -3.25. The molecule has 5 rings (SSSR count). The van der Waals surface area contributed by atoms with E-state index >= 15 is 0 Å². The summed E-state index contributed by atoms with van der Waals surface area (Å²) in [5.41, 5.74) is 5.26. The van der Waals surface area contributed by atoms with Gasteiger partial charge in [0.1, 0.15) is 11.5 Å². The van der Waals surface area contributed by atoms with Gasteiger partial charge in [-0.25, -0.2) is 9.97 Å². The van der Waals surface area contributed by atoms with Gasteiger partial charge in [0, 0.05) is 24.0 Å². The van der Waals surface area contributed by atoms with E-state index in [9.17, 15) is 0 Å². The first kappa shape index (κ1) is 16.0. The second-order valence-corrected chi connectivity index (χ2v) is 6.70. The van der Waals surface area contributed by atoms with Gasteiger partial charge in [0.15, 0.2) is 5.82 Å². The molecule has 1 aliphatic rings. The van der Waals surface area contributed by atoms with Crippen molar-refractivity contribution in [3.8, 4) is 11.5 Å². The van der Waals surface area contributed by atoms with Crippen LogP contribution in [0.15, 0.2) is 54.6 Å². The molecular weight excluding hydrogens is 336 g/mol. The first-order chi connectivity index (χ1) is 13.4. The zero-order valence-corrected chi connectivity index (χ0v) is 14.9. The quantitative estimate of drug-likeness (QED) is 0.523. The van der Waals surface area contributed by atoms with Gasteiger partial charge in [0.25, 0.3) is 0 Å². The Kier molecular flexibility index (Phi) is 4.03. The van der Waals surface area contributed by atoms with Crippen molar-refractivity contribution < 1.29 is 0 Å². The van der Waals surface area contributed by atoms with Gasteiger partial charge in [-0.15, -0.1) is 0 Å². The summed E-state index contributed by atoms with van der Waals surface area (Å²) < 4.78 is 0. The Balaban J connectivity index is 1.56. The molecule has 0 aliphatic carbocycles. The van der Waals surface area contributed by atoms with Gasteiger partial charge in [0.2, 0.25) is 0 Å². The van der Waals surface area contributed by atoms with Gasteiger partial charge in [-0.1, -0.05) is 48.5 Å². The number of benzene rings is 2. The summed E-state index contributed by atoms with van der Waals surface area (Å²) in [4.78, 5) is 9.69. The maximum Gasteiger partial charge on any atom is 0.183 e. The van der Waals surface area contributed by atoms with Crippen molar-refractivity contribution in [1.82, 2.24) is 25.5 Å². The Labute approximate surface area is 157 Å². The summed E-state index contributed by atoms with van der Waals surface area (Å²) in [5.74, 6) is 1.57. The normalized spacial score (nSPS) is 13.5. The molecule has 0 unspecified atom stereocenters. The van der Waals surface area contributed by atoms with Crippen LogP contribution in [0.4, 0.5) is 5.82 Å². The maximum atomic E-state index is 4.86. The number of hydrogen-bond donors (Lipinski definition) is 3. The second-order valence-electron chi connectivity index (χ2n) is 6.70. The monoisotopic (exact) mass is 356 g/mol. The van der Waals surface area contributed by atoms with Crippen LogP contribution in [0.2, 0.25) is 0 Å². The summed E-state index contributed by atoms with van der Waals surface area (Å²) in [7, 11) is 0. The van der Waals surface area contributed by atoms with E-state index in [2.05, 4.69) is 45.1 Å². The molecule has 2 aromatic carbocycles. The van der Waals surface area contributed by atoms with Crippen molar-refractivity contribution in [1.29, 1.82) is 0 Å². The second kappa shape index (κ2) is 6.81. The van der Waals surface area contributed by atoms with Crippen molar-refractivity contribution in [2.24, 2.45) is 0 Å². The van der Waals surface area contributed by atoms with Crippen LogP contribution in [0.25, 0.3) is 22.4 Å². The van der Waals surface area contributed by atoms with E-state index in [1.807, 2.05) is 30.3 Å². The smallest absolute Gasteiger partial charge is 0.183 e. The predicted octanol–water partition coefficient (Wildman–Crippen LogP) is 3.28. The molecule has 4 aromatic rings. The third-order valence-electron chi connectivity index (χ3n) is 4.92. The van der Waals surface area contributed by atoms with Crippen molar-refractivity contribution in [2.45, 2.75) is 19.5 Å². The lowest BCUT2D eigenvalue weighted by Gasteiger charge is -2.20. The topological polar surface area (TPSA) is 78.5 Å². The van der Waals surface area contributed by atoms with Crippen LogP contribution in [-0.2, 0) is 19.5 Å². The third-order valence-corrected chi connectivity index (χ3v) is 4.92. The van der Waals surface area contributed by atoms with Crippen LogP contribution < -0.4 is 10.6 Å². The molecule has 0 saturated carbocycles. The molecule has 1 aliphatic heterocycles. The van der Waals surface area contributed by atoms with Crippen LogP contribution in [-0.4, -0.2) is 26.7 Å². The molecule has 134 valence electrons. The minimum atomic E-state index is 0.658. The van der Waals surface area contributed by atoms with E-state index in [1.54, 1.807) is 0 Å². The molecule has 0 spiro atoms. The lowest BCUT2D eigenvalue weighted by molar-refractivity contribution is 0.625. The number of para-hydroxylation sites is 1. The highest BCUT2D eigenvalue weighted by Crippen LogP contribution is 2.28. The molecule has 0 bridgehead atoms.